The first-order chi connectivity index (χ1) is 6.83. The van der Waals surface area contributed by atoms with E-state index in [1.807, 2.05) is 0 Å². The topological polar surface area (TPSA) is 29.3 Å². The molecule has 1 aliphatic rings. The molecule has 0 radical (unpaired) electrons. The second-order valence-electron chi connectivity index (χ2n) is 4.76. The monoisotopic (exact) mass is 198 g/mol. The third-order valence-electron chi connectivity index (χ3n) is 3.31. The van der Waals surface area contributed by atoms with E-state index < -0.39 is 0 Å². The number of likely N-dealkylation sites (N-methyl/N-ethyl adjacent to an activating group) is 1. The van der Waals surface area contributed by atoms with E-state index in [4.69, 9.17) is 5.73 Å². The molecule has 0 saturated heterocycles. The molecule has 0 amide bonds. The summed E-state index contributed by atoms with van der Waals surface area (Å²) in [5, 5.41) is 0. The quantitative estimate of drug-likeness (QED) is 0.750. The largest absolute Gasteiger partial charge is 0.329 e. The van der Waals surface area contributed by atoms with Gasteiger partial charge in [0.1, 0.15) is 0 Å². The van der Waals surface area contributed by atoms with Gasteiger partial charge in [0.15, 0.2) is 0 Å². The average molecular weight is 198 g/mol. The maximum Gasteiger partial charge on any atom is 0.0102 e. The van der Waals surface area contributed by atoms with E-state index in [1.54, 1.807) is 0 Å². The van der Waals surface area contributed by atoms with Crippen LogP contribution in [0.4, 0.5) is 0 Å². The van der Waals surface area contributed by atoms with E-state index in [9.17, 15) is 0 Å². The Morgan fingerprint density at radius 3 is 2.21 bits per heavy atom. The molecule has 1 rings (SSSR count). The highest BCUT2D eigenvalue weighted by Crippen LogP contribution is 2.22. The van der Waals surface area contributed by atoms with Crippen LogP contribution in [0.25, 0.3) is 0 Å². The van der Waals surface area contributed by atoms with Crippen molar-refractivity contribution in [3.63, 3.8) is 0 Å². The first kappa shape index (κ1) is 12.0. The molecule has 0 unspecified atom stereocenters. The van der Waals surface area contributed by atoms with Crippen molar-refractivity contribution in [3.05, 3.63) is 0 Å². The van der Waals surface area contributed by atoms with Crippen LogP contribution in [-0.2, 0) is 0 Å². The molecule has 0 aromatic rings. The number of rotatable bonds is 4. The molecule has 2 heteroatoms. The van der Waals surface area contributed by atoms with Gasteiger partial charge < -0.3 is 10.6 Å². The number of nitrogens with two attached hydrogens (primary N) is 1. The van der Waals surface area contributed by atoms with Crippen molar-refractivity contribution in [3.8, 4) is 0 Å². The lowest BCUT2D eigenvalue weighted by atomic mass is 9.91. The van der Waals surface area contributed by atoms with Gasteiger partial charge in [0.25, 0.3) is 0 Å². The zero-order chi connectivity index (χ0) is 10.2. The van der Waals surface area contributed by atoms with Crippen LogP contribution in [0.2, 0.25) is 0 Å². The van der Waals surface area contributed by atoms with Gasteiger partial charge in [-0.25, -0.2) is 0 Å². The summed E-state index contributed by atoms with van der Waals surface area (Å²) in [6.07, 6.45) is 10.1. The minimum Gasteiger partial charge on any atom is -0.329 e. The van der Waals surface area contributed by atoms with Crippen molar-refractivity contribution < 1.29 is 0 Å². The van der Waals surface area contributed by atoms with Crippen molar-refractivity contribution in [1.82, 2.24) is 4.90 Å². The van der Waals surface area contributed by atoms with Gasteiger partial charge in [-0.1, -0.05) is 32.1 Å². The Bertz CT molecular complexity index is 128. The van der Waals surface area contributed by atoms with Crippen molar-refractivity contribution in [1.29, 1.82) is 0 Å². The number of hydrogen-bond donors (Lipinski definition) is 1. The first-order valence-electron chi connectivity index (χ1n) is 6.21. The molecular formula is C12H26N2. The Hall–Kier alpha value is -0.0800. The van der Waals surface area contributed by atoms with Crippen LogP contribution in [0.15, 0.2) is 0 Å². The highest BCUT2D eigenvalue weighted by Gasteiger charge is 2.12. The summed E-state index contributed by atoms with van der Waals surface area (Å²) in [4.78, 5) is 2.40. The molecule has 0 heterocycles. The van der Waals surface area contributed by atoms with Crippen molar-refractivity contribution in [2.75, 3.05) is 26.7 Å². The Balaban J connectivity index is 2.19. The predicted octanol–water partition coefficient (Wildman–Crippen LogP) is 2.24. The van der Waals surface area contributed by atoms with Crippen molar-refractivity contribution >= 4 is 0 Å². The minimum atomic E-state index is 0.795. The Morgan fingerprint density at radius 1 is 1.07 bits per heavy atom. The van der Waals surface area contributed by atoms with Crippen LogP contribution in [0.5, 0.6) is 0 Å². The van der Waals surface area contributed by atoms with E-state index in [2.05, 4.69) is 11.9 Å². The van der Waals surface area contributed by atoms with Gasteiger partial charge in [-0.05, 0) is 25.8 Å². The lowest BCUT2D eigenvalue weighted by molar-refractivity contribution is 0.248. The third-order valence-corrected chi connectivity index (χ3v) is 3.31. The standard InChI is InChI=1S/C12H26N2/c1-14(10-9-13)11-12-7-5-3-2-4-6-8-12/h12H,2-11,13H2,1H3. The van der Waals surface area contributed by atoms with Crippen molar-refractivity contribution in [2.45, 2.75) is 44.9 Å². The molecule has 1 aliphatic carbocycles. The van der Waals surface area contributed by atoms with Gasteiger partial charge in [0.2, 0.25) is 0 Å². The summed E-state index contributed by atoms with van der Waals surface area (Å²) in [6, 6.07) is 0. The molecule has 0 aliphatic heterocycles. The van der Waals surface area contributed by atoms with Gasteiger partial charge >= 0.3 is 0 Å². The van der Waals surface area contributed by atoms with Gasteiger partial charge in [-0.3, -0.25) is 0 Å². The molecule has 0 aromatic carbocycles. The molecule has 0 aromatic heterocycles. The molecule has 0 bridgehead atoms. The van der Waals surface area contributed by atoms with Gasteiger partial charge in [0, 0.05) is 19.6 Å². The van der Waals surface area contributed by atoms with Crippen LogP contribution in [-0.4, -0.2) is 31.6 Å². The summed E-state index contributed by atoms with van der Waals surface area (Å²) in [6.45, 7) is 3.11. The molecule has 2 nitrogen and oxygen atoms in total. The maximum absolute atomic E-state index is 5.55. The van der Waals surface area contributed by atoms with E-state index in [1.165, 1.54) is 51.5 Å². The maximum atomic E-state index is 5.55. The van der Waals surface area contributed by atoms with Crippen LogP contribution in [0.3, 0.4) is 0 Å². The second kappa shape index (κ2) is 7.24. The van der Waals surface area contributed by atoms with Gasteiger partial charge in [-0.2, -0.15) is 0 Å². The fourth-order valence-corrected chi connectivity index (χ4v) is 2.48. The summed E-state index contributed by atoms with van der Waals surface area (Å²) in [7, 11) is 2.20. The molecule has 1 saturated carbocycles. The summed E-state index contributed by atoms with van der Waals surface area (Å²) in [5.41, 5.74) is 5.55. The van der Waals surface area contributed by atoms with Gasteiger partial charge in [0.05, 0.1) is 0 Å². The molecule has 0 spiro atoms. The van der Waals surface area contributed by atoms with Crippen LogP contribution >= 0.6 is 0 Å². The summed E-state index contributed by atoms with van der Waals surface area (Å²) < 4.78 is 0. The Labute approximate surface area is 88.8 Å². The lowest BCUT2D eigenvalue weighted by Crippen LogP contribution is -2.30. The van der Waals surface area contributed by atoms with Crippen LogP contribution in [0.1, 0.15) is 44.9 Å². The van der Waals surface area contributed by atoms with E-state index in [-0.39, 0.29) is 0 Å². The highest BCUT2D eigenvalue weighted by atomic mass is 15.1. The Kier molecular flexibility index (Phi) is 6.20. The zero-order valence-electron chi connectivity index (χ0n) is 9.67. The van der Waals surface area contributed by atoms with E-state index in [0.717, 1.165) is 19.0 Å². The molecule has 0 atom stereocenters. The van der Waals surface area contributed by atoms with E-state index >= 15 is 0 Å². The SMILES string of the molecule is CN(CCN)CC1CCCCCCC1. The smallest absolute Gasteiger partial charge is 0.0102 e. The van der Waals surface area contributed by atoms with Crippen LogP contribution < -0.4 is 5.73 Å². The average Bonchev–Trinajstić information content (AvgIpc) is 2.10. The molecular weight excluding hydrogens is 172 g/mol. The summed E-state index contributed by atoms with van der Waals surface area (Å²) >= 11 is 0. The minimum absolute atomic E-state index is 0.795. The Morgan fingerprint density at radius 2 is 1.64 bits per heavy atom. The van der Waals surface area contributed by atoms with E-state index in [0.29, 0.717) is 0 Å². The second-order valence-corrected chi connectivity index (χ2v) is 4.76. The summed E-state index contributed by atoms with van der Waals surface area (Å²) in [5.74, 6) is 0.937. The number of hydrogen-bond acceptors (Lipinski definition) is 2. The molecule has 1 fully saturated rings. The number of nitrogens with zero attached hydrogens (tertiary/aromatic N) is 1. The predicted molar refractivity (Wildman–Crippen MR) is 62.4 cm³/mol. The normalized spacial score (nSPS) is 20.8. The third kappa shape index (κ3) is 4.97. The first-order valence-corrected chi connectivity index (χ1v) is 6.21. The zero-order valence-corrected chi connectivity index (χ0v) is 9.67. The molecule has 14 heavy (non-hydrogen) atoms. The lowest BCUT2D eigenvalue weighted by Gasteiger charge is -2.25. The molecule has 2 N–H and O–H groups in total. The fourth-order valence-electron chi connectivity index (χ4n) is 2.48. The van der Waals surface area contributed by atoms with Crippen LogP contribution in [0, 0.1) is 5.92 Å². The van der Waals surface area contributed by atoms with Crippen molar-refractivity contribution in [2.24, 2.45) is 11.7 Å². The molecule has 84 valence electrons. The fraction of sp³-hybridized carbons (Fsp3) is 1.00. The van der Waals surface area contributed by atoms with Gasteiger partial charge in [-0.15, -0.1) is 0 Å². The highest BCUT2D eigenvalue weighted by molar-refractivity contribution is 4.67.